The van der Waals surface area contributed by atoms with E-state index < -0.39 is 0 Å². The zero-order valence-corrected chi connectivity index (χ0v) is 10.2. The molecule has 0 radical (unpaired) electrons. The first-order chi connectivity index (χ1) is 5.91. The maximum atomic E-state index is 10.5. The van der Waals surface area contributed by atoms with Crippen molar-refractivity contribution in [3.63, 3.8) is 0 Å². The Morgan fingerprint density at radius 2 is 1.79 bits per heavy atom. The molecule has 4 nitrogen and oxygen atoms in total. The van der Waals surface area contributed by atoms with Crippen molar-refractivity contribution in [1.29, 1.82) is 0 Å². The van der Waals surface area contributed by atoms with Gasteiger partial charge in [-0.15, -0.1) is 12.4 Å². The predicted molar refractivity (Wildman–Crippen MR) is 61.7 cm³/mol. The van der Waals surface area contributed by atoms with Crippen molar-refractivity contribution in [2.24, 2.45) is 5.73 Å². The van der Waals surface area contributed by atoms with Crippen molar-refractivity contribution < 1.29 is 9.53 Å². The molecule has 0 aliphatic carbocycles. The van der Waals surface area contributed by atoms with Gasteiger partial charge in [-0.1, -0.05) is 6.58 Å². The lowest BCUT2D eigenvalue weighted by Gasteiger charge is -1.99. The third-order valence-electron chi connectivity index (χ3n) is 0.699. The molecule has 0 bridgehead atoms. The molecule has 0 amide bonds. The second kappa shape index (κ2) is 12.4. The average Bonchev–Trinajstić information content (AvgIpc) is 1.98. The molecular formula is C9H21ClN2O2. The van der Waals surface area contributed by atoms with E-state index in [4.69, 9.17) is 5.73 Å². The van der Waals surface area contributed by atoms with Crippen LogP contribution in [0.25, 0.3) is 0 Å². The second-order valence-electron chi connectivity index (χ2n) is 3.05. The zero-order chi connectivity index (χ0) is 10.9. The van der Waals surface area contributed by atoms with Crippen LogP contribution in [0.1, 0.15) is 6.92 Å². The summed E-state index contributed by atoms with van der Waals surface area (Å²) in [5, 5.41) is 0. The Kier molecular flexibility index (Phi) is 16.9. The number of nitrogens with zero attached hydrogens (tertiary/aromatic N) is 1. The van der Waals surface area contributed by atoms with Gasteiger partial charge in [-0.3, -0.25) is 0 Å². The van der Waals surface area contributed by atoms with E-state index >= 15 is 0 Å². The molecule has 5 heteroatoms. The van der Waals surface area contributed by atoms with Gasteiger partial charge in [0.15, 0.2) is 0 Å². The fourth-order valence-electron chi connectivity index (χ4n) is 0.275. The van der Waals surface area contributed by atoms with Gasteiger partial charge in [-0.2, -0.15) is 0 Å². The van der Waals surface area contributed by atoms with Gasteiger partial charge >= 0.3 is 5.97 Å². The van der Waals surface area contributed by atoms with E-state index in [1.54, 1.807) is 6.92 Å². The monoisotopic (exact) mass is 224 g/mol. The third-order valence-corrected chi connectivity index (χ3v) is 0.699. The molecule has 0 atom stereocenters. The first kappa shape index (κ1) is 19.1. The van der Waals surface area contributed by atoms with E-state index in [1.165, 1.54) is 0 Å². The third kappa shape index (κ3) is 22.5. The van der Waals surface area contributed by atoms with Crippen molar-refractivity contribution >= 4 is 18.4 Å². The van der Waals surface area contributed by atoms with E-state index in [1.807, 2.05) is 26.0 Å². The number of hydrogen-bond donors (Lipinski definition) is 1. The Labute approximate surface area is 92.5 Å². The lowest BCUT2D eigenvalue weighted by molar-refractivity contribution is -0.138. The quantitative estimate of drug-likeness (QED) is 0.566. The van der Waals surface area contributed by atoms with Gasteiger partial charge in [-0.05, 0) is 28.1 Å². The number of halogens is 1. The minimum absolute atomic E-state index is 0. The summed E-state index contributed by atoms with van der Waals surface area (Å²) in [7, 11) is 6.00. The zero-order valence-electron chi connectivity index (χ0n) is 9.37. The van der Waals surface area contributed by atoms with E-state index in [9.17, 15) is 4.79 Å². The highest BCUT2D eigenvalue weighted by molar-refractivity contribution is 5.86. The molecule has 0 aromatic rings. The SMILES string of the molecule is C=C(C)C(=O)OCCN.CN(C)C.Cl. The Morgan fingerprint density at radius 3 is 2.00 bits per heavy atom. The summed E-state index contributed by atoms with van der Waals surface area (Å²) in [6.45, 7) is 5.62. The summed E-state index contributed by atoms with van der Waals surface area (Å²) in [6, 6.07) is 0. The van der Waals surface area contributed by atoms with Crippen LogP contribution < -0.4 is 5.73 Å². The molecule has 0 aromatic heterocycles. The van der Waals surface area contributed by atoms with Crippen LogP contribution in [0.15, 0.2) is 12.2 Å². The number of nitrogens with two attached hydrogens (primary N) is 1. The number of carbonyl (C=O) groups is 1. The van der Waals surface area contributed by atoms with Crippen LogP contribution in [0.4, 0.5) is 0 Å². The first-order valence-electron chi connectivity index (χ1n) is 4.05. The molecule has 0 aromatic carbocycles. The number of carbonyl (C=O) groups excluding carboxylic acids is 1. The topological polar surface area (TPSA) is 55.6 Å². The molecule has 0 fully saturated rings. The minimum atomic E-state index is -0.375. The minimum Gasteiger partial charge on any atom is -0.461 e. The van der Waals surface area contributed by atoms with Gasteiger partial charge in [-0.25, -0.2) is 4.79 Å². The summed E-state index contributed by atoms with van der Waals surface area (Å²) < 4.78 is 4.59. The molecule has 14 heavy (non-hydrogen) atoms. The largest absolute Gasteiger partial charge is 0.461 e. The van der Waals surface area contributed by atoms with Crippen molar-refractivity contribution in [3.05, 3.63) is 12.2 Å². The van der Waals surface area contributed by atoms with Crippen LogP contribution in [0, 0.1) is 0 Å². The standard InChI is InChI=1S/C6H11NO2.C3H9N.ClH/c1-5(2)6(8)9-4-3-7;1-4(2)3;/h1,3-4,7H2,2H3;1-3H3;1H. The Bertz CT molecular complexity index is 158. The van der Waals surface area contributed by atoms with Crippen LogP contribution >= 0.6 is 12.4 Å². The summed E-state index contributed by atoms with van der Waals surface area (Å²) in [5.74, 6) is -0.375. The summed E-state index contributed by atoms with van der Waals surface area (Å²) in [4.78, 5) is 12.5. The van der Waals surface area contributed by atoms with Crippen LogP contribution in [0.2, 0.25) is 0 Å². The maximum absolute atomic E-state index is 10.5. The summed E-state index contributed by atoms with van der Waals surface area (Å²) >= 11 is 0. The van der Waals surface area contributed by atoms with Crippen molar-refractivity contribution in [3.8, 4) is 0 Å². The molecule has 0 aliphatic rings. The lowest BCUT2D eigenvalue weighted by atomic mass is 10.4. The molecule has 0 rings (SSSR count). The van der Waals surface area contributed by atoms with Crippen LogP contribution in [0.3, 0.4) is 0 Å². The first-order valence-corrected chi connectivity index (χ1v) is 4.05. The second-order valence-corrected chi connectivity index (χ2v) is 3.05. The Hall–Kier alpha value is -0.580. The van der Waals surface area contributed by atoms with Gasteiger partial charge < -0.3 is 15.4 Å². The number of esters is 1. The molecular weight excluding hydrogens is 204 g/mol. The average molecular weight is 225 g/mol. The van der Waals surface area contributed by atoms with Gasteiger partial charge in [0.05, 0.1) is 0 Å². The summed E-state index contributed by atoms with van der Waals surface area (Å²) in [5.41, 5.74) is 5.48. The normalized spacial score (nSPS) is 8.14. The van der Waals surface area contributed by atoms with Gasteiger partial charge in [0, 0.05) is 12.1 Å². The molecule has 2 N–H and O–H groups in total. The molecule has 0 unspecified atom stereocenters. The van der Waals surface area contributed by atoms with Crippen LogP contribution in [-0.4, -0.2) is 45.2 Å². The fraction of sp³-hybridized carbons (Fsp3) is 0.667. The van der Waals surface area contributed by atoms with Gasteiger partial charge in [0.1, 0.15) is 6.61 Å². The lowest BCUT2D eigenvalue weighted by Crippen LogP contribution is -2.13. The van der Waals surface area contributed by atoms with Crippen molar-refractivity contribution in [2.75, 3.05) is 34.3 Å². The molecule has 0 aliphatic heterocycles. The number of ether oxygens (including phenoxy) is 1. The molecule has 0 saturated carbocycles. The molecule has 0 saturated heterocycles. The molecule has 0 heterocycles. The van der Waals surface area contributed by atoms with E-state index in [2.05, 4.69) is 11.3 Å². The number of hydrogen-bond acceptors (Lipinski definition) is 4. The Balaban J connectivity index is -0.000000209. The van der Waals surface area contributed by atoms with Crippen molar-refractivity contribution in [2.45, 2.75) is 6.92 Å². The van der Waals surface area contributed by atoms with Gasteiger partial charge in [0.2, 0.25) is 0 Å². The van der Waals surface area contributed by atoms with Crippen LogP contribution in [0.5, 0.6) is 0 Å². The van der Waals surface area contributed by atoms with E-state index in [0.717, 1.165) is 0 Å². The molecule has 0 spiro atoms. The smallest absolute Gasteiger partial charge is 0.333 e. The fourth-order valence-corrected chi connectivity index (χ4v) is 0.275. The van der Waals surface area contributed by atoms with Gasteiger partial charge in [0.25, 0.3) is 0 Å². The van der Waals surface area contributed by atoms with E-state index in [0.29, 0.717) is 12.1 Å². The predicted octanol–water partition coefficient (Wildman–Crippen LogP) is 0.664. The highest BCUT2D eigenvalue weighted by atomic mass is 35.5. The van der Waals surface area contributed by atoms with E-state index in [-0.39, 0.29) is 25.0 Å². The maximum Gasteiger partial charge on any atom is 0.333 e. The number of rotatable bonds is 3. The highest BCUT2D eigenvalue weighted by Crippen LogP contribution is 1.89. The van der Waals surface area contributed by atoms with Crippen molar-refractivity contribution in [1.82, 2.24) is 4.90 Å². The molecule has 86 valence electrons. The highest BCUT2D eigenvalue weighted by Gasteiger charge is 1.99. The van der Waals surface area contributed by atoms with Crippen LogP contribution in [-0.2, 0) is 9.53 Å². The Morgan fingerprint density at radius 1 is 1.43 bits per heavy atom. The summed E-state index contributed by atoms with van der Waals surface area (Å²) in [6.07, 6.45) is 0.